The Morgan fingerprint density at radius 3 is 1.39 bits per heavy atom. The molecule has 0 fully saturated rings. The predicted octanol–water partition coefficient (Wildman–Crippen LogP) is 3.89. The van der Waals surface area contributed by atoms with Crippen LogP contribution in [0.1, 0.15) is 20.3 Å². The third-order valence-corrected chi connectivity index (χ3v) is 13.4. The Morgan fingerprint density at radius 2 is 1.07 bits per heavy atom. The van der Waals surface area contributed by atoms with Crippen molar-refractivity contribution >= 4 is 45.8 Å². The molecule has 0 aliphatic carbocycles. The van der Waals surface area contributed by atoms with Crippen molar-refractivity contribution in [1.82, 2.24) is 4.90 Å². The van der Waals surface area contributed by atoms with E-state index in [0.29, 0.717) is 0 Å². The fourth-order valence-electron chi connectivity index (χ4n) is 3.64. The van der Waals surface area contributed by atoms with Crippen molar-refractivity contribution < 1.29 is 8.83 Å². The molecule has 2 aromatic rings. The van der Waals surface area contributed by atoms with Gasteiger partial charge in [-0.2, -0.15) is 0 Å². The number of rotatable bonds is 10. The zero-order chi connectivity index (χ0) is 21.2. The maximum Gasteiger partial charge on any atom is 0.203 e. The maximum absolute atomic E-state index is 6.53. The van der Waals surface area contributed by atoms with Gasteiger partial charge in [0.15, 0.2) is 0 Å². The Labute approximate surface area is 175 Å². The van der Waals surface area contributed by atoms with Gasteiger partial charge in [-0.3, -0.25) is 0 Å². The molecule has 3 nitrogen and oxygen atoms in total. The van der Waals surface area contributed by atoms with Crippen LogP contribution in [0.25, 0.3) is 0 Å². The van der Waals surface area contributed by atoms with E-state index in [0.717, 1.165) is 19.6 Å². The topological polar surface area (TPSA) is 29.5 Å². The molecular weight excluding hydrogens is 395 g/mol. The van der Waals surface area contributed by atoms with Gasteiger partial charge in [0.2, 0.25) is 8.07 Å². The van der Waals surface area contributed by atoms with Crippen molar-refractivity contribution in [2.45, 2.75) is 72.1 Å². The molecule has 0 amide bonds. The van der Waals surface area contributed by atoms with Gasteiger partial charge in [-0.1, -0.05) is 59.7 Å². The van der Waals surface area contributed by atoms with Gasteiger partial charge in [0, 0.05) is 0 Å². The summed E-state index contributed by atoms with van der Waals surface area (Å²) in [6.07, 6.45) is 1.19. The van der Waals surface area contributed by atoms with Crippen LogP contribution in [-0.2, 0) is 0 Å². The van der Waals surface area contributed by atoms with Gasteiger partial charge in [0.05, 0.1) is 21.5 Å². The summed E-state index contributed by atoms with van der Waals surface area (Å²) in [7, 11) is -4.93. The summed E-state index contributed by atoms with van der Waals surface area (Å²) in [6.45, 7) is 24.4. The lowest BCUT2D eigenvalue weighted by Gasteiger charge is -2.26. The van der Waals surface area contributed by atoms with E-state index in [1.165, 1.54) is 34.0 Å². The second-order valence-electron chi connectivity index (χ2n) is 10.3. The molecule has 0 atom stereocenters. The van der Waals surface area contributed by atoms with Crippen molar-refractivity contribution in [2.75, 3.05) is 19.6 Å². The highest BCUT2D eigenvalue weighted by Gasteiger charge is 2.40. The van der Waals surface area contributed by atoms with E-state index in [9.17, 15) is 0 Å². The van der Waals surface area contributed by atoms with Crippen LogP contribution >= 0.6 is 0 Å². The van der Waals surface area contributed by atoms with Crippen LogP contribution in [0.15, 0.2) is 33.1 Å². The smallest absolute Gasteiger partial charge is 0.203 e. The molecule has 2 rings (SSSR count). The molecule has 0 bridgehead atoms. The summed E-state index contributed by atoms with van der Waals surface area (Å²) in [4.78, 5) is 2.51. The van der Waals surface area contributed by atoms with Crippen molar-refractivity contribution in [3.63, 3.8) is 0 Å². The van der Waals surface area contributed by atoms with E-state index in [1.54, 1.807) is 0 Å². The number of hydrogen-bond donors (Lipinski definition) is 0. The van der Waals surface area contributed by atoms with E-state index in [4.69, 9.17) is 8.83 Å². The van der Waals surface area contributed by atoms with Crippen LogP contribution in [0.5, 0.6) is 0 Å². The molecule has 0 saturated carbocycles. The lowest BCUT2D eigenvalue weighted by atomic mass is 10.4. The second kappa shape index (κ2) is 8.90. The van der Waals surface area contributed by atoms with Gasteiger partial charge in [-0.05, 0) is 56.4 Å². The van der Waals surface area contributed by atoms with Gasteiger partial charge in [-0.15, -0.1) is 0 Å². The van der Waals surface area contributed by atoms with E-state index < -0.39 is 24.2 Å². The third-order valence-electron chi connectivity index (χ3n) is 5.82. The standard InChI is InChI=1S/C22H41NO2Si3/c1-10-23(11-2)17-12-18-28(9,21-15-13-19(24-21)26(3,4)5)22-16-14-20(25-22)27(6,7)8/h13-16H,10-12,17-18H2,1-9H3. The molecular formula is C22H41NO2Si3. The first kappa shape index (κ1) is 23.4. The number of furan rings is 2. The van der Waals surface area contributed by atoms with Gasteiger partial charge < -0.3 is 13.7 Å². The van der Waals surface area contributed by atoms with Gasteiger partial charge in [0.1, 0.15) is 16.1 Å². The van der Waals surface area contributed by atoms with Gasteiger partial charge >= 0.3 is 0 Å². The first-order valence-corrected chi connectivity index (χ1v) is 20.6. The highest BCUT2D eigenvalue weighted by molar-refractivity contribution is 7.00. The second-order valence-corrected chi connectivity index (χ2v) is 24.4. The van der Waals surface area contributed by atoms with Crippen molar-refractivity contribution in [1.29, 1.82) is 0 Å². The molecule has 158 valence electrons. The molecule has 0 spiro atoms. The Balaban J connectivity index is 2.37. The zero-order valence-corrected chi connectivity index (χ0v) is 22.6. The minimum atomic E-state index is -2.03. The fraction of sp³-hybridized carbons (Fsp3) is 0.636. The van der Waals surface area contributed by atoms with Gasteiger partial charge in [0.25, 0.3) is 0 Å². The van der Waals surface area contributed by atoms with Crippen LogP contribution in [0.2, 0.25) is 51.9 Å². The zero-order valence-electron chi connectivity index (χ0n) is 19.6. The molecule has 0 radical (unpaired) electrons. The average molecular weight is 436 g/mol. The molecule has 0 aromatic carbocycles. The van der Waals surface area contributed by atoms with Crippen LogP contribution in [0.4, 0.5) is 0 Å². The first-order chi connectivity index (χ1) is 12.9. The van der Waals surface area contributed by atoms with E-state index in [1.807, 2.05) is 0 Å². The Hall–Kier alpha value is -0.829. The molecule has 28 heavy (non-hydrogen) atoms. The van der Waals surface area contributed by atoms with Crippen LogP contribution < -0.4 is 21.5 Å². The van der Waals surface area contributed by atoms with Crippen LogP contribution in [0.3, 0.4) is 0 Å². The highest BCUT2D eigenvalue weighted by Crippen LogP contribution is 2.16. The van der Waals surface area contributed by atoms with Crippen LogP contribution in [0, 0.1) is 0 Å². The average Bonchev–Trinajstić information content (AvgIpc) is 3.27. The van der Waals surface area contributed by atoms with Crippen LogP contribution in [-0.4, -0.2) is 48.8 Å². The van der Waals surface area contributed by atoms with Crippen molar-refractivity contribution in [3.8, 4) is 0 Å². The minimum Gasteiger partial charge on any atom is -0.476 e. The summed E-state index contributed by atoms with van der Waals surface area (Å²) < 4.78 is 13.1. The maximum atomic E-state index is 6.53. The first-order valence-electron chi connectivity index (χ1n) is 10.9. The summed E-state index contributed by atoms with van der Waals surface area (Å²) >= 11 is 0. The molecule has 0 aliphatic rings. The molecule has 2 heterocycles. The lowest BCUT2D eigenvalue weighted by molar-refractivity contribution is 0.304. The van der Waals surface area contributed by atoms with E-state index in [2.05, 4.69) is 88.8 Å². The van der Waals surface area contributed by atoms with Gasteiger partial charge in [-0.25, -0.2) is 0 Å². The fourth-order valence-corrected chi connectivity index (χ4v) is 9.02. The molecule has 0 unspecified atom stereocenters. The summed E-state index contributed by atoms with van der Waals surface area (Å²) in [5.74, 6) is 0. The lowest BCUT2D eigenvalue weighted by Crippen LogP contribution is -2.56. The van der Waals surface area contributed by atoms with E-state index >= 15 is 0 Å². The summed E-state index contributed by atoms with van der Waals surface area (Å²) in [5, 5.41) is 4.81. The molecule has 2 aromatic heterocycles. The molecule has 6 heteroatoms. The third kappa shape index (κ3) is 5.40. The van der Waals surface area contributed by atoms with E-state index in [-0.39, 0.29) is 0 Å². The molecule has 0 saturated heterocycles. The summed E-state index contributed by atoms with van der Waals surface area (Å²) in [6, 6.07) is 10.2. The molecule has 0 N–H and O–H groups in total. The molecule has 0 aliphatic heterocycles. The Bertz CT molecular complexity index is 696. The predicted molar refractivity (Wildman–Crippen MR) is 131 cm³/mol. The largest absolute Gasteiger partial charge is 0.476 e. The number of hydrogen-bond acceptors (Lipinski definition) is 3. The normalized spacial score (nSPS) is 13.5. The monoisotopic (exact) mass is 435 g/mol. The minimum absolute atomic E-state index is 1.12. The quantitative estimate of drug-likeness (QED) is 0.530. The SMILES string of the molecule is CCN(CC)CCC[Si](C)(c1ccc([Si](C)(C)C)o1)c1ccc([Si](C)(C)C)o1. The summed E-state index contributed by atoms with van der Waals surface area (Å²) in [5.41, 5.74) is 0. The Kier molecular flexibility index (Phi) is 7.45. The van der Waals surface area contributed by atoms with Crippen molar-refractivity contribution in [3.05, 3.63) is 24.3 Å². The Morgan fingerprint density at radius 1 is 0.679 bits per heavy atom. The van der Waals surface area contributed by atoms with Crippen molar-refractivity contribution in [2.24, 2.45) is 0 Å². The highest BCUT2D eigenvalue weighted by atomic mass is 28.3. The number of nitrogens with zero attached hydrogens (tertiary/aromatic N) is 1.